The van der Waals surface area contributed by atoms with Gasteiger partial charge in [-0.05, 0) is 147 Å². The molecule has 4 nitrogen and oxygen atoms in total. The number of rotatable bonds is 10. The highest BCUT2D eigenvalue weighted by atomic mass is 16.5. The van der Waals surface area contributed by atoms with E-state index in [0.717, 1.165) is 66.8 Å². The molecule has 0 amide bonds. The lowest BCUT2D eigenvalue weighted by Gasteiger charge is -2.28. The zero-order valence-electron chi connectivity index (χ0n) is 51.1. The molecule has 4 heteroatoms. The van der Waals surface area contributed by atoms with Gasteiger partial charge < -0.3 is 19.7 Å². The first-order valence-electron chi connectivity index (χ1n) is 27.7. The third-order valence-electron chi connectivity index (χ3n) is 15.0. The number of hydrogen-bond donors (Lipinski definition) is 2. The van der Waals surface area contributed by atoms with Crippen molar-refractivity contribution in [2.24, 2.45) is 0 Å². The Morgan fingerprint density at radius 2 is 0.493 bits per heavy atom. The first kappa shape index (κ1) is 58.8. The fourth-order valence-electron chi connectivity index (χ4n) is 9.37. The summed E-state index contributed by atoms with van der Waals surface area (Å²) in [4.78, 5) is 0. The number of hydrogen-bond acceptors (Lipinski definition) is 4. The Labute approximate surface area is 455 Å². The van der Waals surface area contributed by atoms with Gasteiger partial charge in [0.1, 0.15) is 23.0 Å². The molecule has 75 heavy (non-hydrogen) atoms. The molecule has 0 spiro atoms. The number of ether oxygens (including phenoxy) is 2. The quantitative estimate of drug-likeness (QED) is 0.134. The SMILES string of the molecule is CC(C)(C)c1cc(-c2cc(C(C)(C)C)cc(-c3cc(C(C)(C)C)ccc3OCCCOc3ccc(C(C)(C)C)cc3-c3cc(C(C)(C)C)cc(-c4cc(C(C)(C)C)cc(C(C)(C)C)c4)c3O)c2O)cc(C(C)(C)C)c1. The third kappa shape index (κ3) is 13.7. The zero-order chi connectivity index (χ0) is 56.4. The van der Waals surface area contributed by atoms with Crippen LogP contribution in [0.2, 0.25) is 0 Å². The van der Waals surface area contributed by atoms with Crippen molar-refractivity contribution < 1.29 is 19.7 Å². The minimum absolute atomic E-state index is 0.0855. The summed E-state index contributed by atoms with van der Waals surface area (Å²) in [6.07, 6.45) is 0.601. The fraction of sp³-hybridized carbons (Fsp3) is 0.493. The van der Waals surface area contributed by atoms with E-state index in [1.165, 1.54) is 22.3 Å². The molecule has 6 rings (SSSR count). The number of aromatic hydroxyl groups is 2. The van der Waals surface area contributed by atoms with Crippen molar-refractivity contribution in [3.63, 3.8) is 0 Å². The zero-order valence-corrected chi connectivity index (χ0v) is 51.1. The van der Waals surface area contributed by atoms with Gasteiger partial charge >= 0.3 is 0 Å². The maximum atomic E-state index is 12.7. The summed E-state index contributed by atoms with van der Waals surface area (Å²) in [6.45, 7) is 54.6. The molecule has 0 saturated carbocycles. The molecule has 0 aliphatic heterocycles. The monoisotopic (exact) mass is 1010 g/mol. The van der Waals surface area contributed by atoms with Gasteiger partial charge in [-0.2, -0.15) is 0 Å². The van der Waals surface area contributed by atoms with Crippen LogP contribution in [0.5, 0.6) is 23.0 Å². The number of benzene rings is 6. The Morgan fingerprint density at radius 3 is 0.747 bits per heavy atom. The van der Waals surface area contributed by atoms with E-state index < -0.39 is 0 Å². The molecule has 0 radical (unpaired) electrons. The average molecular weight is 1010 g/mol. The minimum atomic E-state index is -0.199. The van der Waals surface area contributed by atoms with Gasteiger partial charge in [0.2, 0.25) is 0 Å². The molecule has 0 aliphatic rings. The Kier molecular flexibility index (Phi) is 16.0. The van der Waals surface area contributed by atoms with Gasteiger partial charge in [0.25, 0.3) is 0 Å². The highest BCUT2D eigenvalue weighted by Crippen LogP contribution is 2.49. The van der Waals surface area contributed by atoms with Crippen molar-refractivity contribution in [2.75, 3.05) is 13.2 Å². The number of phenols is 2. The van der Waals surface area contributed by atoms with Crippen LogP contribution in [0, 0.1) is 0 Å². The summed E-state index contributed by atoms with van der Waals surface area (Å²) in [5.74, 6) is 1.92. The largest absolute Gasteiger partial charge is 0.507 e. The van der Waals surface area contributed by atoms with Crippen LogP contribution in [0.3, 0.4) is 0 Å². The van der Waals surface area contributed by atoms with Gasteiger partial charge in [-0.1, -0.05) is 215 Å². The Morgan fingerprint density at radius 1 is 0.267 bits per heavy atom. The predicted molar refractivity (Wildman–Crippen MR) is 323 cm³/mol. The molecule has 0 aromatic heterocycles. The molecule has 404 valence electrons. The second-order valence-electron chi connectivity index (χ2n) is 29.9. The molecular formula is C71H96O4. The summed E-state index contributed by atoms with van der Waals surface area (Å²) in [5, 5.41) is 25.3. The van der Waals surface area contributed by atoms with Crippen molar-refractivity contribution in [3.8, 4) is 67.5 Å². The van der Waals surface area contributed by atoms with Crippen LogP contribution in [0.15, 0.2) is 97.1 Å². The maximum Gasteiger partial charge on any atom is 0.131 e. The van der Waals surface area contributed by atoms with E-state index >= 15 is 0 Å². The van der Waals surface area contributed by atoms with Crippen molar-refractivity contribution in [1.29, 1.82) is 0 Å². The molecule has 2 N–H and O–H groups in total. The summed E-state index contributed by atoms with van der Waals surface area (Å²) >= 11 is 0. The first-order valence-corrected chi connectivity index (χ1v) is 27.7. The molecule has 6 aromatic rings. The normalized spacial score (nSPS) is 13.3. The second-order valence-corrected chi connectivity index (χ2v) is 29.9. The Bertz CT molecular complexity index is 2760. The summed E-state index contributed by atoms with van der Waals surface area (Å²) in [5.41, 5.74) is 15.4. The highest BCUT2D eigenvalue weighted by molar-refractivity contribution is 5.88. The van der Waals surface area contributed by atoms with E-state index in [0.29, 0.717) is 31.1 Å². The second kappa shape index (κ2) is 20.5. The van der Waals surface area contributed by atoms with Crippen LogP contribution in [-0.2, 0) is 43.3 Å². The summed E-state index contributed by atoms with van der Waals surface area (Å²) in [7, 11) is 0. The topological polar surface area (TPSA) is 58.9 Å². The molecule has 0 bridgehead atoms. The maximum absolute atomic E-state index is 12.7. The van der Waals surface area contributed by atoms with Gasteiger partial charge in [0.05, 0.1) is 13.2 Å². The smallest absolute Gasteiger partial charge is 0.131 e. The van der Waals surface area contributed by atoms with Crippen molar-refractivity contribution in [3.05, 3.63) is 142 Å². The van der Waals surface area contributed by atoms with E-state index in [-0.39, 0.29) is 54.8 Å². The summed E-state index contributed by atoms with van der Waals surface area (Å²) in [6, 6.07) is 35.3. The van der Waals surface area contributed by atoms with Crippen molar-refractivity contribution in [1.82, 2.24) is 0 Å². The van der Waals surface area contributed by atoms with E-state index in [9.17, 15) is 10.2 Å². The van der Waals surface area contributed by atoms with Gasteiger partial charge in [0.15, 0.2) is 0 Å². The standard InChI is InChI=1S/C71H96O4/c1-64(2,3)46-26-28-60(56(38-46)58-42-52(70(19,20)21)40-54(62(58)72)44-32-48(66(7,8)9)36-49(33-44)67(10,11)12)74-30-25-31-75-61-29-27-47(65(4,5)6)39-57(61)59-43-53(71(22,23)24)41-55(63(59)73)45-34-50(68(13,14)15)37-51(35-45)69(16,17)18/h26-29,32-43,72-73H,25,30-31H2,1-24H3. The number of phenolic OH excluding ortho intramolecular Hbond substituents is 2. The van der Waals surface area contributed by atoms with Crippen LogP contribution in [0.1, 0.15) is 217 Å². The molecular weight excluding hydrogens is 917 g/mol. The summed E-state index contributed by atoms with van der Waals surface area (Å²) < 4.78 is 13.6. The van der Waals surface area contributed by atoms with Crippen LogP contribution >= 0.6 is 0 Å². The van der Waals surface area contributed by atoms with Crippen molar-refractivity contribution >= 4 is 0 Å². The lowest BCUT2D eigenvalue weighted by molar-refractivity contribution is 0.248. The molecule has 0 unspecified atom stereocenters. The van der Waals surface area contributed by atoms with Gasteiger partial charge in [0, 0.05) is 39.8 Å². The minimum Gasteiger partial charge on any atom is -0.507 e. The molecule has 0 atom stereocenters. The molecule has 0 fully saturated rings. The van der Waals surface area contributed by atoms with Crippen LogP contribution in [-0.4, -0.2) is 23.4 Å². The Hall–Kier alpha value is -5.48. The predicted octanol–water partition coefficient (Wildman–Crippen LogP) is 20.0. The van der Waals surface area contributed by atoms with E-state index in [1.807, 2.05) is 0 Å². The van der Waals surface area contributed by atoms with Crippen LogP contribution in [0.25, 0.3) is 44.5 Å². The van der Waals surface area contributed by atoms with Gasteiger partial charge in [-0.3, -0.25) is 0 Å². The molecule has 0 aliphatic carbocycles. The molecule has 0 heterocycles. The fourth-order valence-corrected chi connectivity index (χ4v) is 9.37. The van der Waals surface area contributed by atoms with Crippen molar-refractivity contribution in [2.45, 2.75) is 216 Å². The Balaban J connectivity index is 1.41. The lowest BCUT2D eigenvalue weighted by atomic mass is 9.77. The van der Waals surface area contributed by atoms with Gasteiger partial charge in [-0.25, -0.2) is 0 Å². The van der Waals surface area contributed by atoms with E-state index in [2.05, 4.69) is 263 Å². The first-order chi connectivity index (χ1) is 34.0. The third-order valence-corrected chi connectivity index (χ3v) is 15.0. The highest BCUT2D eigenvalue weighted by Gasteiger charge is 2.29. The van der Waals surface area contributed by atoms with Crippen LogP contribution in [0.4, 0.5) is 0 Å². The molecule has 0 saturated heterocycles. The van der Waals surface area contributed by atoms with E-state index in [1.54, 1.807) is 0 Å². The van der Waals surface area contributed by atoms with Gasteiger partial charge in [-0.15, -0.1) is 0 Å². The molecule has 6 aromatic carbocycles. The van der Waals surface area contributed by atoms with E-state index in [4.69, 9.17) is 9.47 Å². The average Bonchev–Trinajstić information content (AvgIpc) is 3.26. The lowest BCUT2D eigenvalue weighted by Crippen LogP contribution is -2.16. The van der Waals surface area contributed by atoms with Crippen LogP contribution < -0.4 is 9.47 Å².